The third kappa shape index (κ3) is 4.70. The van der Waals surface area contributed by atoms with Crippen LogP contribution in [0, 0.1) is 17.8 Å². The highest BCUT2D eigenvalue weighted by molar-refractivity contribution is 5.79. The number of esters is 1. The van der Waals surface area contributed by atoms with Gasteiger partial charge in [-0.2, -0.15) is 0 Å². The third-order valence-electron chi connectivity index (χ3n) is 9.27. The van der Waals surface area contributed by atoms with Gasteiger partial charge in [-0.05, 0) is 86.9 Å². The zero-order valence-corrected chi connectivity index (χ0v) is 23.1. The maximum Gasteiger partial charge on any atom is 0.308 e. The van der Waals surface area contributed by atoms with Crippen LogP contribution < -0.4 is 0 Å². The number of hydrogen-bond donors (Lipinski definition) is 1. The van der Waals surface area contributed by atoms with E-state index in [-0.39, 0.29) is 11.9 Å². The highest BCUT2D eigenvalue weighted by Gasteiger charge is 2.54. The van der Waals surface area contributed by atoms with Gasteiger partial charge in [-0.25, -0.2) is 4.98 Å². The Morgan fingerprint density at radius 3 is 2.76 bits per heavy atom. The fourth-order valence-corrected chi connectivity index (χ4v) is 7.30. The number of allylic oxidation sites excluding steroid dienone is 1. The fraction of sp³-hybridized carbons (Fsp3) is 0.515. The Hall–Kier alpha value is -2.92. The van der Waals surface area contributed by atoms with Crippen LogP contribution in [0.3, 0.4) is 0 Å². The molecule has 3 aromatic rings. The second-order valence-electron chi connectivity index (χ2n) is 12.1. The lowest BCUT2D eigenvalue weighted by atomic mass is 9.55. The molecule has 0 spiro atoms. The molecule has 0 saturated heterocycles. The lowest BCUT2D eigenvalue weighted by molar-refractivity contribution is -0.176. The molecule has 1 aromatic heterocycles. The average Bonchev–Trinajstić information content (AvgIpc) is 3.35. The minimum atomic E-state index is -0.402. The number of ether oxygens (including phenoxy) is 1. The first kappa shape index (κ1) is 25.4. The summed E-state index contributed by atoms with van der Waals surface area (Å²) in [6.07, 6.45) is 8.54. The maximum absolute atomic E-state index is 13.1. The number of carbonyl (C=O) groups is 1. The largest absolute Gasteiger partial charge is 0.458 e. The van der Waals surface area contributed by atoms with E-state index in [0.717, 1.165) is 68.5 Å². The first-order valence-electron chi connectivity index (χ1n) is 14.6. The monoisotopic (exact) mass is 511 g/mol. The minimum Gasteiger partial charge on any atom is -0.458 e. The van der Waals surface area contributed by atoms with Crippen LogP contribution in [0.15, 0.2) is 54.1 Å². The van der Waals surface area contributed by atoms with E-state index in [0.29, 0.717) is 11.8 Å². The molecule has 38 heavy (non-hydrogen) atoms. The van der Waals surface area contributed by atoms with Crippen LogP contribution in [0.25, 0.3) is 16.6 Å². The second-order valence-corrected chi connectivity index (χ2v) is 12.1. The first-order chi connectivity index (χ1) is 18.4. The van der Waals surface area contributed by atoms with E-state index in [1.54, 1.807) is 5.57 Å². The van der Waals surface area contributed by atoms with Gasteiger partial charge in [0.05, 0.1) is 17.0 Å². The Morgan fingerprint density at radius 1 is 1.11 bits per heavy atom. The van der Waals surface area contributed by atoms with Gasteiger partial charge in [0.1, 0.15) is 11.4 Å². The lowest BCUT2D eigenvalue weighted by Crippen LogP contribution is -2.53. The molecule has 1 saturated carbocycles. The van der Waals surface area contributed by atoms with Gasteiger partial charge < -0.3 is 14.6 Å². The van der Waals surface area contributed by atoms with Crippen molar-refractivity contribution < 1.29 is 9.53 Å². The van der Waals surface area contributed by atoms with Crippen LogP contribution in [0.1, 0.15) is 69.3 Å². The Balaban J connectivity index is 1.17. The molecule has 7 rings (SSSR count). The van der Waals surface area contributed by atoms with Crippen LogP contribution in [-0.2, 0) is 22.4 Å². The quantitative estimate of drug-likeness (QED) is 0.330. The predicted molar refractivity (Wildman–Crippen MR) is 153 cm³/mol. The number of aromatic amines is 1. The van der Waals surface area contributed by atoms with Gasteiger partial charge in [0, 0.05) is 25.3 Å². The molecular weight excluding hydrogens is 470 g/mol. The number of benzene rings is 2. The van der Waals surface area contributed by atoms with E-state index < -0.39 is 5.60 Å². The van der Waals surface area contributed by atoms with Crippen LogP contribution >= 0.6 is 0 Å². The van der Waals surface area contributed by atoms with Crippen molar-refractivity contribution in [2.24, 2.45) is 17.8 Å². The van der Waals surface area contributed by atoms with E-state index >= 15 is 0 Å². The topological polar surface area (TPSA) is 58.2 Å². The molecule has 0 aliphatic heterocycles. The van der Waals surface area contributed by atoms with Crippen LogP contribution in [-0.4, -0.2) is 46.6 Å². The molecule has 0 amide bonds. The minimum absolute atomic E-state index is 0.0451. The molecule has 200 valence electrons. The zero-order valence-electron chi connectivity index (χ0n) is 23.1. The highest BCUT2D eigenvalue weighted by Crippen LogP contribution is 2.59. The standard InChI is InChI=1S/C33H41N3O2/c1-22(2)32(37)38-33(18-20-36(3)19-8-13-30-34-28-11-6-7-12-29(28)35-30)21-24-15-17-27(33)31-25-10-5-4-9-23(25)14-16-26(24)31/h4-7,9-12,22,24,27H,8,13-21H2,1-3H3,(H,34,35)/t24-,27-,33-/m0/s1. The molecule has 1 N–H and O–H groups in total. The van der Waals surface area contributed by atoms with E-state index in [4.69, 9.17) is 9.72 Å². The zero-order chi connectivity index (χ0) is 26.3. The number of para-hydroxylation sites is 2. The van der Waals surface area contributed by atoms with E-state index in [1.807, 2.05) is 26.0 Å². The summed E-state index contributed by atoms with van der Waals surface area (Å²) in [4.78, 5) is 23.7. The number of carbonyl (C=O) groups excluding carboxylic acids is 1. The summed E-state index contributed by atoms with van der Waals surface area (Å²) in [5, 5.41) is 0. The summed E-state index contributed by atoms with van der Waals surface area (Å²) in [6.45, 7) is 5.85. The van der Waals surface area contributed by atoms with E-state index in [2.05, 4.69) is 53.3 Å². The number of aryl methyl sites for hydroxylation is 2. The normalized spacial score (nSPS) is 24.2. The van der Waals surface area contributed by atoms with Gasteiger partial charge in [-0.15, -0.1) is 0 Å². The first-order valence-corrected chi connectivity index (χ1v) is 14.6. The number of imidazole rings is 1. The van der Waals surface area contributed by atoms with Crippen molar-refractivity contribution in [1.29, 1.82) is 0 Å². The number of H-pyrrole nitrogens is 1. The summed E-state index contributed by atoms with van der Waals surface area (Å²) in [5.74, 6) is 1.75. The Morgan fingerprint density at radius 2 is 1.92 bits per heavy atom. The highest BCUT2D eigenvalue weighted by atomic mass is 16.6. The molecule has 5 heteroatoms. The van der Waals surface area contributed by atoms with E-state index in [1.165, 1.54) is 29.5 Å². The lowest BCUT2D eigenvalue weighted by Gasteiger charge is -2.54. The SMILES string of the molecule is CC(C)C(=O)O[C@@]1(CCN(C)CCCc2nc3ccccc3[nH]2)C[C@@H]2CC[C@H]1C1=C2CCc2ccccc21. The van der Waals surface area contributed by atoms with Crippen molar-refractivity contribution in [3.05, 3.63) is 71.1 Å². The molecule has 3 atom stereocenters. The van der Waals surface area contributed by atoms with Gasteiger partial charge in [0.2, 0.25) is 0 Å². The summed E-state index contributed by atoms with van der Waals surface area (Å²) in [6, 6.07) is 17.2. The Kier molecular flexibility index (Phi) is 6.90. The van der Waals surface area contributed by atoms with Crippen molar-refractivity contribution >= 4 is 22.6 Å². The Bertz CT molecular complexity index is 1320. The average molecular weight is 512 g/mol. The van der Waals surface area contributed by atoms with Crippen LogP contribution in [0.4, 0.5) is 0 Å². The van der Waals surface area contributed by atoms with Crippen LogP contribution in [0.2, 0.25) is 0 Å². The van der Waals surface area contributed by atoms with Crippen molar-refractivity contribution in [3.63, 3.8) is 0 Å². The number of fused-ring (bicyclic) bond motifs is 4. The molecule has 0 radical (unpaired) electrons. The van der Waals surface area contributed by atoms with Crippen LogP contribution in [0.5, 0.6) is 0 Å². The molecular formula is C33H41N3O2. The number of aromatic nitrogens is 2. The smallest absolute Gasteiger partial charge is 0.308 e. The number of nitrogens with one attached hydrogen (secondary N) is 1. The molecule has 2 bridgehead atoms. The molecule has 4 aliphatic carbocycles. The van der Waals surface area contributed by atoms with Crippen molar-refractivity contribution in [2.45, 2.75) is 70.8 Å². The molecule has 2 aromatic carbocycles. The van der Waals surface area contributed by atoms with E-state index in [9.17, 15) is 4.79 Å². The van der Waals surface area contributed by atoms with Crippen molar-refractivity contribution in [2.75, 3.05) is 20.1 Å². The van der Waals surface area contributed by atoms with Gasteiger partial charge in [-0.3, -0.25) is 4.79 Å². The van der Waals surface area contributed by atoms with Gasteiger partial charge in [0.25, 0.3) is 0 Å². The molecule has 5 nitrogen and oxygen atoms in total. The molecule has 0 unspecified atom stereocenters. The maximum atomic E-state index is 13.1. The van der Waals surface area contributed by atoms with Gasteiger partial charge in [0.15, 0.2) is 0 Å². The summed E-state index contributed by atoms with van der Waals surface area (Å²) >= 11 is 0. The molecule has 1 heterocycles. The summed E-state index contributed by atoms with van der Waals surface area (Å²) in [5.41, 5.74) is 7.82. The van der Waals surface area contributed by atoms with Gasteiger partial charge >= 0.3 is 5.97 Å². The fourth-order valence-electron chi connectivity index (χ4n) is 7.30. The third-order valence-corrected chi connectivity index (χ3v) is 9.27. The Labute approximate surface area is 226 Å². The molecule has 4 aliphatic rings. The summed E-state index contributed by atoms with van der Waals surface area (Å²) in [7, 11) is 2.21. The number of nitrogens with zero attached hydrogens (tertiary/aromatic N) is 2. The second kappa shape index (κ2) is 10.3. The predicted octanol–water partition coefficient (Wildman–Crippen LogP) is 6.59. The number of hydrogen-bond acceptors (Lipinski definition) is 4. The van der Waals surface area contributed by atoms with Gasteiger partial charge in [-0.1, -0.05) is 55.8 Å². The molecule has 1 fully saturated rings. The number of rotatable bonds is 9. The van der Waals surface area contributed by atoms with Crippen molar-refractivity contribution in [1.82, 2.24) is 14.9 Å². The summed E-state index contributed by atoms with van der Waals surface area (Å²) < 4.78 is 6.58. The van der Waals surface area contributed by atoms with Crippen molar-refractivity contribution in [3.8, 4) is 0 Å².